The molecule has 1 aromatic rings. The quantitative estimate of drug-likeness (QED) is 0.912. The number of aliphatic hydroxyl groups is 1. The van der Waals surface area contributed by atoms with E-state index in [0.717, 1.165) is 36.6 Å². The number of likely N-dealkylation sites (tertiary alicyclic amines) is 1. The van der Waals surface area contributed by atoms with Gasteiger partial charge in [-0.3, -0.25) is 4.90 Å². The van der Waals surface area contributed by atoms with Gasteiger partial charge in [0, 0.05) is 23.6 Å². The van der Waals surface area contributed by atoms with E-state index in [4.69, 9.17) is 9.47 Å². The van der Waals surface area contributed by atoms with Crippen LogP contribution in [-0.2, 0) is 12.8 Å². The zero-order valence-electron chi connectivity index (χ0n) is 12.3. The summed E-state index contributed by atoms with van der Waals surface area (Å²) in [5.74, 6) is 1.77. The molecule has 1 saturated heterocycles. The maximum absolute atomic E-state index is 10.5. The third kappa shape index (κ3) is 2.27. The fourth-order valence-corrected chi connectivity index (χ4v) is 3.62. The lowest BCUT2D eigenvalue weighted by Gasteiger charge is -2.37. The third-order valence-electron chi connectivity index (χ3n) is 4.67. The number of benzene rings is 1. The predicted molar refractivity (Wildman–Crippen MR) is 77.6 cm³/mol. The van der Waals surface area contributed by atoms with Crippen LogP contribution >= 0.6 is 0 Å². The molecule has 0 aromatic heterocycles. The lowest BCUT2D eigenvalue weighted by molar-refractivity contribution is 0.0542. The normalized spacial score (nSPS) is 26.4. The molecule has 0 bridgehead atoms. The first-order valence-electron chi connectivity index (χ1n) is 7.39. The lowest BCUT2D eigenvalue weighted by atomic mass is 9.84. The average Bonchev–Trinajstić information content (AvgIpc) is 2.99. The summed E-state index contributed by atoms with van der Waals surface area (Å²) >= 11 is 0. The first-order chi connectivity index (χ1) is 9.74. The molecule has 110 valence electrons. The standard InChI is InChI=1S/C16H23NO3/c1-19-15-5-6-16(20-2)12-10-14(18)13(9-11(12)15)17-7-3-4-8-17/h5-6,13-14,18H,3-4,7-10H2,1-2H3. The van der Waals surface area contributed by atoms with Crippen LogP contribution in [0.5, 0.6) is 11.5 Å². The van der Waals surface area contributed by atoms with Crippen LogP contribution in [0.15, 0.2) is 12.1 Å². The summed E-state index contributed by atoms with van der Waals surface area (Å²) in [6, 6.07) is 4.11. The van der Waals surface area contributed by atoms with Crippen molar-refractivity contribution in [3.63, 3.8) is 0 Å². The van der Waals surface area contributed by atoms with Gasteiger partial charge in [-0.2, -0.15) is 0 Å². The van der Waals surface area contributed by atoms with Gasteiger partial charge in [0.05, 0.1) is 20.3 Å². The number of hydrogen-bond donors (Lipinski definition) is 1. The number of rotatable bonds is 3. The van der Waals surface area contributed by atoms with Gasteiger partial charge >= 0.3 is 0 Å². The summed E-state index contributed by atoms with van der Waals surface area (Å²) in [6.07, 6.45) is 3.66. The van der Waals surface area contributed by atoms with Crippen LogP contribution in [0.1, 0.15) is 24.0 Å². The van der Waals surface area contributed by atoms with Crippen molar-refractivity contribution in [2.75, 3.05) is 27.3 Å². The van der Waals surface area contributed by atoms with Crippen LogP contribution in [-0.4, -0.2) is 49.5 Å². The molecule has 1 heterocycles. The molecule has 0 radical (unpaired) electrons. The van der Waals surface area contributed by atoms with Crippen LogP contribution in [0.25, 0.3) is 0 Å². The Balaban J connectivity index is 1.95. The highest BCUT2D eigenvalue weighted by atomic mass is 16.5. The Bertz CT molecular complexity index is 483. The monoisotopic (exact) mass is 277 g/mol. The van der Waals surface area contributed by atoms with E-state index in [0.29, 0.717) is 6.42 Å². The molecule has 4 heteroatoms. The van der Waals surface area contributed by atoms with Gasteiger partial charge in [-0.1, -0.05) is 0 Å². The van der Waals surface area contributed by atoms with E-state index in [9.17, 15) is 5.11 Å². The zero-order valence-corrected chi connectivity index (χ0v) is 12.3. The second-order valence-corrected chi connectivity index (χ2v) is 5.71. The van der Waals surface area contributed by atoms with Crippen LogP contribution in [0.4, 0.5) is 0 Å². The molecule has 20 heavy (non-hydrogen) atoms. The van der Waals surface area contributed by atoms with E-state index >= 15 is 0 Å². The topological polar surface area (TPSA) is 41.9 Å². The first kappa shape index (κ1) is 13.7. The minimum absolute atomic E-state index is 0.214. The molecule has 1 fully saturated rings. The van der Waals surface area contributed by atoms with Crippen molar-refractivity contribution in [1.82, 2.24) is 4.90 Å². The SMILES string of the molecule is COc1ccc(OC)c2c1CC(O)C(N1CCCC1)C2. The van der Waals surface area contributed by atoms with Gasteiger partial charge in [0.1, 0.15) is 11.5 Å². The van der Waals surface area contributed by atoms with Crippen molar-refractivity contribution in [1.29, 1.82) is 0 Å². The van der Waals surface area contributed by atoms with Gasteiger partial charge in [-0.25, -0.2) is 0 Å². The molecule has 4 nitrogen and oxygen atoms in total. The number of hydrogen-bond acceptors (Lipinski definition) is 4. The van der Waals surface area contributed by atoms with E-state index in [1.54, 1.807) is 14.2 Å². The van der Waals surface area contributed by atoms with Crippen LogP contribution in [0.2, 0.25) is 0 Å². The van der Waals surface area contributed by atoms with Crippen molar-refractivity contribution >= 4 is 0 Å². The second-order valence-electron chi connectivity index (χ2n) is 5.71. The Morgan fingerprint density at radius 2 is 1.55 bits per heavy atom. The smallest absolute Gasteiger partial charge is 0.122 e. The number of fused-ring (bicyclic) bond motifs is 1. The van der Waals surface area contributed by atoms with Gasteiger partial charge in [0.15, 0.2) is 0 Å². The van der Waals surface area contributed by atoms with E-state index in [1.807, 2.05) is 12.1 Å². The minimum Gasteiger partial charge on any atom is -0.496 e. The minimum atomic E-state index is -0.318. The van der Waals surface area contributed by atoms with Crippen molar-refractivity contribution in [3.8, 4) is 11.5 Å². The van der Waals surface area contributed by atoms with E-state index in [2.05, 4.69) is 4.90 Å². The highest BCUT2D eigenvalue weighted by molar-refractivity contribution is 5.51. The predicted octanol–water partition coefficient (Wildman–Crippen LogP) is 1.63. The van der Waals surface area contributed by atoms with Crippen LogP contribution in [0.3, 0.4) is 0 Å². The summed E-state index contributed by atoms with van der Waals surface area (Å²) in [7, 11) is 3.39. The van der Waals surface area contributed by atoms with E-state index in [1.165, 1.54) is 18.4 Å². The van der Waals surface area contributed by atoms with Crippen LogP contribution in [0, 0.1) is 0 Å². The summed E-state index contributed by atoms with van der Waals surface area (Å²) in [6.45, 7) is 2.20. The molecule has 2 aliphatic rings. The molecule has 0 amide bonds. The average molecular weight is 277 g/mol. The Morgan fingerprint density at radius 1 is 1.00 bits per heavy atom. The highest BCUT2D eigenvalue weighted by Crippen LogP contribution is 2.37. The highest BCUT2D eigenvalue weighted by Gasteiger charge is 2.35. The maximum atomic E-state index is 10.5. The second kappa shape index (κ2) is 5.62. The Hall–Kier alpha value is -1.26. The molecule has 1 aromatic carbocycles. The fraction of sp³-hybridized carbons (Fsp3) is 0.625. The molecule has 3 rings (SSSR count). The van der Waals surface area contributed by atoms with Crippen molar-refractivity contribution < 1.29 is 14.6 Å². The largest absolute Gasteiger partial charge is 0.496 e. The molecule has 1 aliphatic heterocycles. The molecular weight excluding hydrogens is 254 g/mol. The third-order valence-corrected chi connectivity index (χ3v) is 4.67. The van der Waals surface area contributed by atoms with Gasteiger partial charge in [-0.05, 0) is 44.5 Å². The Labute approximate surface area is 120 Å². The number of nitrogens with zero attached hydrogens (tertiary/aromatic N) is 1. The van der Waals surface area contributed by atoms with Gasteiger partial charge in [0.25, 0.3) is 0 Å². The van der Waals surface area contributed by atoms with Crippen molar-refractivity contribution in [2.24, 2.45) is 0 Å². The number of methoxy groups -OCH3 is 2. The molecule has 1 N–H and O–H groups in total. The summed E-state index contributed by atoms with van der Waals surface area (Å²) in [4.78, 5) is 2.42. The molecule has 0 saturated carbocycles. The maximum Gasteiger partial charge on any atom is 0.122 e. The fourth-order valence-electron chi connectivity index (χ4n) is 3.62. The van der Waals surface area contributed by atoms with Crippen LogP contribution < -0.4 is 9.47 Å². The van der Waals surface area contributed by atoms with Gasteiger partial charge in [-0.15, -0.1) is 0 Å². The number of aliphatic hydroxyl groups excluding tert-OH is 1. The molecule has 2 atom stereocenters. The molecular formula is C16H23NO3. The van der Waals surface area contributed by atoms with Gasteiger partial charge < -0.3 is 14.6 Å². The zero-order chi connectivity index (χ0) is 14.1. The van der Waals surface area contributed by atoms with Crippen molar-refractivity contribution in [2.45, 2.75) is 37.8 Å². The summed E-state index contributed by atoms with van der Waals surface area (Å²) in [5.41, 5.74) is 2.31. The van der Waals surface area contributed by atoms with Crippen molar-refractivity contribution in [3.05, 3.63) is 23.3 Å². The lowest BCUT2D eigenvalue weighted by Crippen LogP contribution is -2.47. The summed E-state index contributed by atoms with van der Waals surface area (Å²) in [5, 5.41) is 10.5. The van der Waals surface area contributed by atoms with E-state index < -0.39 is 0 Å². The number of ether oxygens (including phenoxy) is 2. The van der Waals surface area contributed by atoms with Gasteiger partial charge in [0.2, 0.25) is 0 Å². The Kier molecular flexibility index (Phi) is 3.85. The molecule has 0 spiro atoms. The Morgan fingerprint density at radius 3 is 2.10 bits per heavy atom. The molecule has 2 unspecified atom stereocenters. The van der Waals surface area contributed by atoms with E-state index in [-0.39, 0.29) is 12.1 Å². The molecule has 1 aliphatic carbocycles. The first-order valence-corrected chi connectivity index (χ1v) is 7.39. The summed E-state index contributed by atoms with van der Waals surface area (Å²) < 4.78 is 10.9.